The van der Waals surface area contributed by atoms with Crippen LogP contribution in [-0.4, -0.2) is 33.9 Å². The number of carbonyl (C=O) groups excluding carboxylic acids is 1. The summed E-state index contributed by atoms with van der Waals surface area (Å²) in [5.41, 5.74) is 3.54. The van der Waals surface area contributed by atoms with E-state index in [4.69, 9.17) is 19.2 Å². The van der Waals surface area contributed by atoms with Crippen molar-refractivity contribution >= 4 is 11.6 Å². The van der Waals surface area contributed by atoms with Crippen molar-refractivity contribution in [1.29, 1.82) is 0 Å². The molecular formula is C24H22N4O4. The summed E-state index contributed by atoms with van der Waals surface area (Å²) < 4.78 is 18.4. The molecule has 8 nitrogen and oxygen atoms in total. The average Bonchev–Trinajstić information content (AvgIpc) is 3.45. The van der Waals surface area contributed by atoms with E-state index in [2.05, 4.69) is 10.4 Å². The second kappa shape index (κ2) is 8.58. The summed E-state index contributed by atoms with van der Waals surface area (Å²) in [6, 6.07) is 18.4. The summed E-state index contributed by atoms with van der Waals surface area (Å²) in [7, 11) is 0. The molecule has 3 heterocycles. The van der Waals surface area contributed by atoms with E-state index in [1.807, 2.05) is 49.4 Å². The number of hydrogen-bond donors (Lipinski definition) is 1. The van der Waals surface area contributed by atoms with Crippen LogP contribution in [0.4, 0.5) is 0 Å². The van der Waals surface area contributed by atoms with Crippen LogP contribution in [0.1, 0.15) is 29.4 Å². The van der Waals surface area contributed by atoms with Crippen LogP contribution in [0.3, 0.4) is 0 Å². The maximum absolute atomic E-state index is 12.7. The average molecular weight is 430 g/mol. The Morgan fingerprint density at radius 2 is 1.94 bits per heavy atom. The van der Waals surface area contributed by atoms with Gasteiger partial charge in [-0.25, -0.2) is 9.50 Å². The van der Waals surface area contributed by atoms with Crippen LogP contribution in [0, 0.1) is 0 Å². The van der Waals surface area contributed by atoms with Crippen LogP contribution in [0.2, 0.25) is 0 Å². The fourth-order valence-corrected chi connectivity index (χ4v) is 3.54. The van der Waals surface area contributed by atoms with Crippen LogP contribution in [0.25, 0.3) is 16.9 Å². The van der Waals surface area contributed by atoms with Crippen molar-refractivity contribution in [3.05, 3.63) is 71.9 Å². The lowest BCUT2D eigenvalue weighted by molar-refractivity contribution is 0.0950. The number of rotatable bonds is 7. The van der Waals surface area contributed by atoms with Gasteiger partial charge in [0, 0.05) is 17.2 Å². The zero-order chi connectivity index (χ0) is 21.9. The lowest BCUT2D eigenvalue weighted by Crippen LogP contribution is -2.24. The Hall–Kier alpha value is -4.07. The summed E-state index contributed by atoms with van der Waals surface area (Å²) in [6.45, 7) is 3.05. The van der Waals surface area contributed by atoms with Crippen LogP contribution < -0.4 is 19.5 Å². The molecule has 162 valence electrons. The first-order valence-corrected chi connectivity index (χ1v) is 10.5. The predicted octanol–water partition coefficient (Wildman–Crippen LogP) is 3.84. The number of imidazole rings is 1. The van der Waals surface area contributed by atoms with E-state index in [0.29, 0.717) is 40.9 Å². The Morgan fingerprint density at radius 3 is 2.78 bits per heavy atom. The van der Waals surface area contributed by atoms with E-state index in [1.165, 1.54) is 0 Å². The summed E-state index contributed by atoms with van der Waals surface area (Å²) in [4.78, 5) is 17.4. The maximum Gasteiger partial charge on any atom is 0.251 e. The van der Waals surface area contributed by atoms with E-state index < -0.39 is 0 Å². The molecule has 0 fully saturated rings. The molecule has 1 aliphatic rings. The normalized spacial score (nSPS) is 12.2. The van der Waals surface area contributed by atoms with Crippen molar-refractivity contribution in [2.24, 2.45) is 0 Å². The molecule has 2 aromatic carbocycles. The standard InChI is InChI=1S/C24H22N4O4/c1-2-12-30-22-11-10-21-26-23(17-8-9-19-20(13-17)32-15-31-19)18(28(21)27-22)14-25-24(29)16-6-4-3-5-7-16/h3-11,13H,2,12,14-15H2,1H3,(H,25,29). The second-order valence-corrected chi connectivity index (χ2v) is 7.31. The molecule has 1 amide bonds. The zero-order valence-corrected chi connectivity index (χ0v) is 17.6. The van der Waals surface area contributed by atoms with Crippen molar-refractivity contribution in [3.63, 3.8) is 0 Å². The van der Waals surface area contributed by atoms with Crippen molar-refractivity contribution in [2.45, 2.75) is 19.9 Å². The molecule has 8 heteroatoms. The van der Waals surface area contributed by atoms with Gasteiger partial charge in [-0.1, -0.05) is 25.1 Å². The first kappa shape index (κ1) is 19.9. The highest BCUT2D eigenvalue weighted by atomic mass is 16.7. The first-order valence-electron chi connectivity index (χ1n) is 10.5. The van der Waals surface area contributed by atoms with Gasteiger partial charge in [0.1, 0.15) is 0 Å². The van der Waals surface area contributed by atoms with Crippen LogP contribution in [0.15, 0.2) is 60.7 Å². The van der Waals surface area contributed by atoms with Gasteiger partial charge in [-0.3, -0.25) is 4.79 Å². The number of ether oxygens (including phenoxy) is 3. The molecule has 1 aliphatic heterocycles. The number of nitrogens with zero attached hydrogens (tertiary/aromatic N) is 3. The van der Waals surface area contributed by atoms with Gasteiger partial charge < -0.3 is 19.5 Å². The van der Waals surface area contributed by atoms with Gasteiger partial charge in [-0.05, 0) is 42.8 Å². The van der Waals surface area contributed by atoms with E-state index in [0.717, 1.165) is 17.7 Å². The summed E-state index contributed by atoms with van der Waals surface area (Å²) in [5.74, 6) is 1.70. The molecular weight excluding hydrogens is 408 g/mol. The number of carbonyl (C=O) groups is 1. The number of benzene rings is 2. The highest BCUT2D eigenvalue weighted by Gasteiger charge is 2.20. The van der Waals surface area contributed by atoms with Gasteiger partial charge in [-0.15, -0.1) is 5.10 Å². The topological polar surface area (TPSA) is 87.0 Å². The molecule has 0 saturated carbocycles. The number of fused-ring (bicyclic) bond motifs is 2. The van der Waals surface area contributed by atoms with Crippen molar-refractivity contribution in [3.8, 4) is 28.6 Å². The van der Waals surface area contributed by atoms with Gasteiger partial charge in [0.25, 0.3) is 5.91 Å². The molecule has 5 rings (SSSR count). The lowest BCUT2D eigenvalue weighted by atomic mass is 10.1. The molecule has 1 N–H and O–H groups in total. The zero-order valence-electron chi connectivity index (χ0n) is 17.6. The van der Waals surface area contributed by atoms with Crippen LogP contribution >= 0.6 is 0 Å². The highest BCUT2D eigenvalue weighted by molar-refractivity contribution is 5.94. The molecule has 0 aliphatic carbocycles. The van der Waals surface area contributed by atoms with Crippen LogP contribution in [0.5, 0.6) is 17.4 Å². The molecule has 0 radical (unpaired) electrons. The molecule has 0 atom stereocenters. The minimum Gasteiger partial charge on any atom is -0.477 e. The molecule has 4 aromatic rings. The highest BCUT2D eigenvalue weighted by Crippen LogP contribution is 2.36. The van der Waals surface area contributed by atoms with E-state index in [-0.39, 0.29) is 19.2 Å². The fraction of sp³-hybridized carbons (Fsp3) is 0.208. The maximum atomic E-state index is 12.7. The monoisotopic (exact) mass is 430 g/mol. The Balaban J connectivity index is 1.53. The fourth-order valence-electron chi connectivity index (χ4n) is 3.54. The number of nitrogens with one attached hydrogen (secondary N) is 1. The van der Waals surface area contributed by atoms with E-state index >= 15 is 0 Å². The molecule has 32 heavy (non-hydrogen) atoms. The van der Waals surface area contributed by atoms with Gasteiger partial charge in [0.05, 0.1) is 24.5 Å². The Labute approximate surface area is 184 Å². The Bertz CT molecular complexity index is 1270. The molecule has 0 saturated heterocycles. The molecule has 0 bridgehead atoms. The van der Waals surface area contributed by atoms with Crippen LogP contribution in [-0.2, 0) is 6.54 Å². The number of hydrogen-bond acceptors (Lipinski definition) is 6. The largest absolute Gasteiger partial charge is 0.477 e. The van der Waals surface area contributed by atoms with E-state index in [9.17, 15) is 4.79 Å². The molecule has 0 unspecified atom stereocenters. The van der Waals surface area contributed by atoms with Gasteiger partial charge in [0.2, 0.25) is 12.7 Å². The second-order valence-electron chi connectivity index (χ2n) is 7.31. The van der Waals surface area contributed by atoms with Gasteiger partial charge in [0.15, 0.2) is 17.1 Å². The van der Waals surface area contributed by atoms with Gasteiger partial charge >= 0.3 is 0 Å². The number of aromatic nitrogens is 3. The smallest absolute Gasteiger partial charge is 0.251 e. The predicted molar refractivity (Wildman–Crippen MR) is 118 cm³/mol. The Kier molecular flexibility index (Phi) is 5.33. The minimum absolute atomic E-state index is 0.171. The molecule has 2 aromatic heterocycles. The third kappa shape index (κ3) is 3.82. The van der Waals surface area contributed by atoms with Crippen molar-refractivity contribution < 1.29 is 19.0 Å². The van der Waals surface area contributed by atoms with Gasteiger partial charge in [-0.2, -0.15) is 0 Å². The van der Waals surface area contributed by atoms with Crippen molar-refractivity contribution in [2.75, 3.05) is 13.4 Å². The third-order valence-corrected chi connectivity index (χ3v) is 5.10. The third-order valence-electron chi connectivity index (χ3n) is 5.10. The molecule has 0 spiro atoms. The number of amides is 1. The lowest BCUT2D eigenvalue weighted by Gasteiger charge is -2.09. The first-order chi connectivity index (χ1) is 15.7. The van der Waals surface area contributed by atoms with E-state index in [1.54, 1.807) is 22.7 Å². The quantitative estimate of drug-likeness (QED) is 0.479. The minimum atomic E-state index is -0.171. The summed E-state index contributed by atoms with van der Waals surface area (Å²) >= 11 is 0. The summed E-state index contributed by atoms with van der Waals surface area (Å²) in [5, 5.41) is 7.59. The Morgan fingerprint density at radius 1 is 1.09 bits per heavy atom. The van der Waals surface area contributed by atoms with Crippen molar-refractivity contribution in [1.82, 2.24) is 19.9 Å². The summed E-state index contributed by atoms with van der Waals surface area (Å²) in [6.07, 6.45) is 0.881. The SMILES string of the molecule is CCCOc1ccc2nc(-c3ccc4c(c3)OCO4)c(CNC(=O)c3ccccc3)n2n1.